The van der Waals surface area contributed by atoms with Gasteiger partial charge in [-0.15, -0.1) is 0 Å². The summed E-state index contributed by atoms with van der Waals surface area (Å²) >= 11 is 0. The number of amides is 3. The molecule has 0 spiro atoms. The van der Waals surface area contributed by atoms with Gasteiger partial charge in [-0.25, -0.2) is 14.6 Å². The number of carbonyl (C=O) groups excluding carboxylic acids is 3. The molecular weight excluding hydrogens is 412 g/mol. The molecule has 0 bridgehead atoms. The minimum absolute atomic E-state index is 0.127. The van der Waals surface area contributed by atoms with Gasteiger partial charge in [0.25, 0.3) is 5.91 Å². The van der Waals surface area contributed by atoms with Crippen LogP contribution in [0.5, 0.6) is 0 Å². The molecule has 32 heavy (non-hydrogen) atoms. The molecule has 3 aromatic rings. The summed E-state index contributed by atoms with van der Waals surface area (Å²) in [5, 5.41) is 9.14. The van der Waals surface area contributed by atoms with E-state index in [4.69, 9.17) is 9.72 Å². The molecular formula is C22H20N6O4. The summed E-state index contributed by atoms with van der Waals surface area (Å²) in [7, 11) is 3.34. The van der Waals surface area contributed by atoms with Crippen molar-refractivity contribution >= 4 is 35.4 Å². The molecule has 10 heteroatoms. The lowest BCUT2D eigenvalue weighted by molar-refractivity contribution is -0.115. The molecule has 2 aliphatic rings. The Kier molecular flexibility index (Phi) is 4.62. The zero-order valence-corrected chi connectivity index (χ0v) is 17.5. The topological polar surface area (TPSA) is 118 Å². The Morgan fingerprint density at radius 3 is 2.75 bits per heavy atom. The van der Waals surface area contributed by atoms with E-state index in [9.17, 15) is 14.4 Å². The van der Waals surface area contributed by atoms with Gasteiger partial charge < -0.3 is 15.0 Å². The number of carbonyl (C=O) groups is 3. The molecule has 3 amide bonds. The number of hydrogen-bond acceptors (Lipinski definition) is 7. The quantitative estimate of drug-likeness (QED) is 0.359. The van der Waals surface area contributed by atoms with Crippen molar-refractivity contribution < 1.29 is 19.1 Å². The maximum Gasteiger partial charge on any atom is 0.337 e. The van der Waals surface area contributed by atoms with Crippen LogP contribution in [0.4, 0.5) is 10.6 Å². The number of nitrogens with zero attached hydrogens (tertiary/aromatic N) is 4. The first-order valence-corrected chi connectivity index (χ1v) is 10.1. The third-order valence-electron chi connectivity index (χ3n) is 5.54. The number of urea groups is 1. The molecule has 0 radical (unpaired) electrons. The predicted molar refractivity (Wildman–Crippen MR) is 116 cm³/mol. The Balaban J connectivity index is 1.67. The third-order valence-corrected chi connectivity index (χ3v) is 5.54. The van der Waals surface area contributed by atoms with Gasteiger partial charge in [0.05, 0.1) is 24.6 Å². The first kappa shape index (κ1) is 19.7. The van der Waals surface area contributed by atoms with Gasteiger partial charge in [0, 0.05) is 30.3 Å². The Labute approximate surface area is 182 Å². The second-order valence-corrected chi connectivity index (χ2v) is 7.72. The first-order valence-electron chi connectivity index (χ1n) is 10.1. The van der Waals surface area contributed by atoms with E-state index in [-0.39, 0.29) is 5.70 Å². The second kappa shape index (κ2) is 7.49. The molecule has 2 aromatic heterocycles. The molecule has 1 saturated carbocycles. The smallest absolute Gasteiger partial charge is 0.337 e. The molecule has 1 aliphatic heterocycles. The molecule has 0 atom stereocenters. The summed E-state index contributed by atoms with van der Waals surface area (Å²) < 4.78 is 6.55. The van der Waals surface area contributed by atoms with Gasteiger partial charge in [0.15, 0.2) is 5.65 Å². The lowest BCUT2D eigenvalue weighted by Gasteiger charge is -2.20. The van der Waals surface area contributed by atoms with Gasteiger partial charge in [-0.2, -0.15) is 9.61 Å². The van der Waals surface area contributed by atoms with E-state index in [1.165, 1.54) is 7.11 Å². The van der Waals surface area contributed by atoms with Crippen LogP contribution in [0.2, 0.25) is 0 Å². The van der Waals surface area contributed by atoms with Crippen LogP contribution in [0.15, 0.2) is 42.2 Å². The normalized spacial score (nSPS) is 16.9. The van der Waals surface area contributed by atoms with Crippen LogP contribution in [0.1, 0.15) is 28.8 Å². The summed E-state index contributed by atoms with van der Waals surface area (Å²) in [4.78, 5) is 42.4. The van der Waals surface area contributed by atoms with E-state index in [0.29, 0.717) is 28.5 Å². The average Bonchev–Trinajstić information content (AvgIpc) is 3.50. The fourth-order valence-corrected chi connectivity index (χ4v) is 3.68. The van der Waals surface area contributed by atoms with Crippen LogP contribution in [0, 0.1) is 0 Å². The van der Waals surface area contributed by atoms with Crippen LogP contribution < -0.4 is 15.5 Å². The number of anilines is 1. The van der Waals surface area contributed by atoms with Crippen molar-refractivity contribution in [2.24, 2.45) is 0 Å². The van der Waals surface area contributed by atoms with Gasteiger partial charge in [-0.05, 0) is 31.1 Å². The largest absolute Gasteiger partial charge is 0.465 e. The van der Waals surface area contributed by atoms with Crippen molar-refractivity contribution in [3.63, 3.8) is 0 Å². The molecule has 3 heterocycles. The standard InChI is InChI=1S/C22H20N6O4/c1-27(15-6-7-15)18-10-16(12-4-3-5-13(8-12)21(30)32-2)24-19-14(11-23-28(18)19)9-17-20(29)26-22(31)25-17/h3-5,8-11,15H,6-7H2,1-2H3,(H2,25,26,29,31)/b17-9-. The number of rotatable bonds is 5. The summed E-state index contributed by atoms with van der Waals surface area (Å²) in [5.74, 6) is -0.104. The fourth-order valence-electron chi connectivity index (χ4n) is 3.68. The number of methoxy groups -OCH3 is 1. The predicted octanol–water partition coefficient (Wildman–Crippen LogP) is 1.96. The van der Waals surface area contributed by atoms with E-state index in [2.05, 4.69) is 20.6 Å². The van der Waals surface area contributed by atoms with E-state index in [1.807, 2.05) is 19.2 Å². The molecule has 2 fully saturated rings. The molecule has 0 unspecified atom stereocenters. The van der Waals surface area contributed by atoms with Crippen molar-refractivity contribution in [3.05, 3.63) is 53.4 Å². The minimum atomic E-state index is -0.569. The SMILES string of the molecule is COC(=O)c1cccc(-c2cc(N(C)C3CC3)n3ncc(/C=C4\NC(=O)NC4=O)c3n2)c1. The van der Waals surface area contributed by atoms with Crippen LogP contribution >= 0.6 is 0 Å². The van der Waals surface area contributed by atoms with Gasteiger partial charge in [0.2, 0.25) is 0 Å². The second-order valence-electron chi connectivity index (χ2n) is 7.72. The fraction of sp³-hybridized carbons (Fsp3) is 0.227. The van der Waals surface area contributed by atoms with Crippen LogP contribution in [-0.4, -0.2) is 52.7 Å². The van der Waals surface area contributed by atoms with Gasteiger partial charge in [0.1, 0.15) is 11.5 Å². The third kappa shape index (κ3) is 3.45. The highest BCUT2D eigenvalue weighted by atomic mass is 16.5. The minimum Gasteiger partial charge on any atom is -0.465 e. The van der Waals surface area contributed by atoms with E-state index >= 15 is 0 Å². The molecule has 5 rings (SSSR count). The van der Waals surface area contributed by atoms with E-state index in [0.717, 1.165) is 24.2 Å². The Bertz CT molecular complexity index is 1310. The van der Waals surface area contributed by atoms with E-state index < -0.39 is 17.9 Å². The van der Waals surface area contributed by atoms with Crippen LogP contribution in [-0.2, 0) is 9.53 Å². The number of fused-ring (bicyclic) bond motifs is 1. The summed E-state index contributed by atoms with van der Waals surface area (Å²) in [6.45, 7) is 0. The number of aromatic nitrogens is 3. The lowest BCUT2D eigenvalue weighted by atomic mass is 10.1. The highest BCUT2D eigenvalue weighted by Gasteiger charge is 2.29. The van der Waals surface area contributed by atoms with E-state index in [1.54, 1.807) is 35.0 Å². The maximum atomic E-state index is 12.0. The van der Waals surface area contributed by atoms with Gasteiger partial charge >= 0.3 is 12.0 Å². The van der Waals surface area contributed by atoms with Gasteiger partial charge in [-0.3, -0.25) is 10.1 Å². The van der Waals surface area contributed by atoms with Crippen molar-refractivity contribution in [2.45, 2.75) is 18.9 Å². The van der Waals surface area contributed by atoms with Gasteiger partial charge in [-0.1, -0.05) is 12.1 Å². The zero-order valence-electron chi connectivity index (χ0n) is 17.5. The zero-order chi connectivity index (χ0) is 22.4. The van der Waals surface area contributed by atoms with Crippen molar-refractivity contribution in [1.29, 1.82) is 0 Å². The molecule has 10 nitrogen and oxygen atoms in total. The molecule has 162 valence electrons. The van der Waals surface area contributed by atoms with Crippen molar-refractivity contribution in [2.75, 3.05) is 19.1 Å². The van der Waals surface area contributed by atoms with Crippen LogP contribution in [0.3, 0.4) is 0 Å². The Hall–Kier alpha value is -4.21. The summed E-state index contributed by atoms with van der Waals surface area (Å²) in [5.41, 5.74) is 3.04. The molecule has 1 aliphatic carbocycles. The number of benzene rings is 1. The highest BCUT2D eigenvalue weighted by Crippen LogP contribution is 2.33. The number of hydrogen-bond donors (Lipinski definition) is 2. The maximum absolute atomic E-state index is 12.0. The van der Waals surface area contributed by atoms with Crippen molar-refractivity contribution in [1.82, 2.24) is 25.2 Å². The van der Waals surface area contributed by atoms with Crippen molar-refractivity contribution in [3.8, 4) is 11.3 Å². The van der Waals surface area contributed by atoms with Crippen LogP contribution in [0.25, 0.3) is 23.0 Å². The highest BCUT2D eigenvalue weighted by molar-refractivity contribution is 6.14. The average molecular weight is 432 g/mol. The summed E-state index contributed by atoms with van der Waals surface area (Å²) in [6.07, 6.45) is 5.34. The molecule has 1 saturated heterocycles. The Morgan fingerprint density at radius 2 is 2.06 bits per heavy atom. The number of ether oxygens (including phenoxy) is 1. The monoisotopic (exact) mass is 432 g/mol. The summed E-state index contributed by atoms with van der Waals surface area (Å²) in [6, 6.07) is 8.82. The number of imide groups is 1. The lowest BCUT2D eigenvalue weighted by Crippen LogP contribution is -2.22. The Morgan fingerprint density at radius 1 is 1.25 bits per heavy atom. The molecule has 1 aromatic carbocycles. The number of esters is 1. The molecule has 2 N–H and O–H groups in total. The number of nitrogens with one attached hydrogen (secondary N) is 2. The first-order chi connectivity index (χ1) is 15.4.